The number of piperidine rings is 1. The molecule has 1 unspecified atom stereocenters. The van der Waals surface area contributed by atoms with Crippen molar-refractivity contribution in [1.29, 1.82) is 0 Å². The van der Waals surface area contributed by atoms with Crippen molar-refractivity contribution in [2.75, 3.05) is 19.6 Å². The Bertz CT molecular complexity index is 343. The highest BCUT2D eigenvalue weighted by molar-refractivity contribution is 4.97. The Labute approximate surface area is 102 Å². The second kappa shape index (κ2) is 5.60. The molecule has 0 bridgehead atoms. The smallest absolute Gasteiger partial charge is 0.229 e. The van der Waals surface area contributed by atoms with Gasteiger partial charge in [-0.25, -0.2) is 0 Å². The molecule has 2 rings (SSSR count). The van der Waals surface area contributed by atoms with Crippen molar-refractivity contribution in [2.24, 2.45) is 0 Å². The van der Waals surface area contributed by atoms with Gasteiger partial charge in [0.2, 0.25) is 5.89 Å². The normalized spacial score (nSPS) is 20.6. The Hall–Kier alpha value is -0.940. The summed E-state index contributed by atoms with van der Waals surface area (Å²) >= 11 is 0. The van der Waals surface area contributed by atoms with Gasteiger partial charge in [-0.05, 0) is 39.4 Å². The molecule has 0 radical (unpaired) electrons. The van der Waals surface area contributed by atoms with E-state index in [2.05, 4.69) is 22.0 Å². The molecule has 0 aromatic carbocycles. The fraction of sp³-hybridized carbons (Fsp3) is 0.833. The molecule has 1 aliphatic rings. The molecule has 5 heteroatoms. The molecule has 96 valence electrons. The lowest BCUT2D eigenvalue weighted by Gasteiger charge is -2.28. The first kappa shape index (κ1) is 12.5. The first-order chi connectivity index (χ1) is 8.19. The maximum atomic E-state index is 9.26. The minimum Gasteiger partial charge on any atom is -0.393 e. The van der Waals surface area contributed by atoms with Crippen molar-refractivity contribution >= 4 is 0 Å². The van der Waals surface area contributed by atoms with Gasteiger partial charge in [0.05, 0.1) is 6.10 Å². The zero-order chi connectivity index (χ0) is 12.3. The van der Waals surface area contributed by atoms with Crippen molar-refractivity contribution in [2.45, 2.75) is 45.1 Å². The molecule has 5 nitrogen and oxygen atoms in total. The fourth-order valence-electron chi connectivity index (χ4n) is 2.28. The zero-order valence-corrected chi connectivity index (χ0v) is 10.6. The van der Waals surface area contributed by atoms with Gasteiger partial charge in [-0.2, -0.15) is 4.98 Å². The van der Waals surface area contributed by atoms with Gasteiger partial charge in [-0.15, -0.1) is 0 Å². The van der Waals surface area contributed by atoms with Gasteiger partial charge in [0.1, 0.15) is 0 Å². The van der Waals surface area contributed by atoms with Crippen molar-refractivity contribution < 1.29 is 9.63 Å². The second-order valence-corrected chi connectivity index (χ2v) is 4.81. The molecule has 1 aromatic rings. The molecule has 2 heterocycles. The summed E-state index contributed by atoms with van der Waals surface area (Å²) in [6, 6.07) is 0. The minimum atomic E-state index is -0.414. The lowest BCUT2D eigenvalue weighted by atomic mass is 9.97. The van der Waals surface area contributed by atoms with Crippen LogP contribution in [0, 0.1) is 0 Å². The molecule has 0 spiro atoms. The van der Waals surface area contributed by atoms with Gasteiger partial charge < -0.3 is 14.5 Å². The highest BCUT2D eigenvalue weighted by atomic mass is 16.5. The summed E-state index contributed by atoms with van der Waals surface area (Å²) in [5.41, 5.74) is 0. The van der Waals surface area contributed by atoms with Gasteiger partial charge in [0.25, 0.3) is 0 Å². The standard InChI is InChI=1S/C12H21N3O2/c1-3-15-6-4-10(5-7-15)12-13-11(14-17-12)8-9(2)16/h9-10,16H,3-8H2,1-2H3. The van der Waals surface area contributed by atoms with E-state index in [0.29, 0.717) is 18.2 Å². The molecule has 1 atom stereocenters. The Morgan fingerprint density at radius 1 is 1.47 bits per heavy atom. The molecule has 17 heavy (non-hydrogen) atoms. The Morgan fingerprint density at radius 2 is 2.18 bits per heavy atom. The van der Waals surface area contributed by atoms with Crippen LogP contribution < -0.4 is 0 Å². The first-order valence-corrected chi connectivity index (χ1v) is 6.42. The van der Waals surface area contributed by atoms with Gasteiger partial charge >= 0.3 is 0 Å². The first-order valence-electron chi connectivity index (χ1n) is 6.42. The van der Waals surface area contributed by atoms with E-state index in [-0.39, 0.29) is 0 Å². The number of hydrogen-bond donors (Lipinski definition) is 1. The molecular formula is C12H21N3O2. The largest absolute Gasteiger partial charge is 0.393 e. The molecular weight excluding hydrogens is 218 g/mol. The molecule has 0 saturated carbocycles. The molecule has 0 aliphatic carbocycles. The number of aliphatic hydroxyl groups is 1. The summed E-state index contributed by atoms with van der Waals surface area (Å²) in [4.78, 5) is 6.80. The SMILES string of the molecule is CCN1CCC(c2nc(CC(C)O)no2)CC1. The second-order valence-electron chi connectivity index (χ2n) is 4.81. The third-order valence-corrected chi connectivity index (χ3v) is 3.35. The van der Waals surface area contributed by atoms with Crippen LogP contribution in [0.4, 0.5) is 0 Å². The summed E-state index contributed by atoms with van der Waals surface area (Å²) in [6.07, 6.45) is 2.23. The van der Waals surface area contributed by atoms with Crippen LogP contribution in [0.2, 0.25) is 0 Å². The number of aromatic nitrogens is 2. The van der Waals surface area contributed by atoms with Gasteiger partial charge in [0.15, 0.2) is 5.82 Å². The van der Waals surface area contributed by atoms with Gasteiger partial charge in [0, 0.05) is 12.3 Å². The third kappa shape index (κ3) is 3.26. The molecule has 1 N–H and O–H groups in total. The highest BCUT2D eigenvalue weighted by Gasteiger charge is 2.24. The average molecular weight is 239 g/mol. The predicted molar refractivity (Wildman–Crippen MR) is 63.8 cm³/mol. The minimum absolute atomic E-state index is 0.396. The summed E-state index contributed by atoms with van der Waals surface area (Å²) in [5.74, 6) is 1.76. The predicted octanol–water partition coefficient (Wildman–Crippen LogP) is 1.19. The monoisotopic (exact) mass is 239 g/mol. The lowest BCUT2D eigenvalue weighted by molar-refractivity contribution is 0.190. The van der Waals surface area contributed by atoms with E-state index in [1.54, 1.807) is 6.92 Å². The number of hydrogen-bond acceptors (Lipinski definition) is 5. The highest BCUT2D eigenvalue weighted by Crippen LogP contribution is 2.26. The number of nitrogens with zero attached hydrogens (tertiary/aromatic N) is 3. The van der Waals surface area contributed by atoms with E-state index in [1.807, 2.05) is 0 Å². The van der Waals surface area contributed by atoms with E-state index in [4.69, 9.17) is 4.52 Å². The van der Waals surface area contributed by atoms with E-state index in [0.717, 1.165) is 38.4 Å². The van der Waals surface area contributed by atoms with Crippen LogP contribution in [0.5, 0.6) is 0 Å². The van der Waals surface area contributed by atoms with Crippen LogP contribution in [0.25, 0.3) is 0 Å². The average Bonchev–Trinajstić information content (AvgIpc) is 2.77. The van der Waals surface area contributed by atoms with Crippen LogP contribution in [0.15, 0.2) is 4.52 Å². The van der Waals surface area contributed by atoms with E-state index in [9.17, 15) is 5.11 Å². The Morgan fingerprint density at radius 3 is 2.76 bits per heavy atom. The number of rotatable bonds is 4. The molecule has 1 aliphatic heterocycles. The zero-order valence-electron chi connectivity index (χ0n) is 10.6. The number of likely N-dealkylation sites (tertiary alicyclic amines) is 1. The summed E-state index contributed by atoms with van der Waals surface area (Å²) in [6.45, 7) is 7.25. The quantitative estimate of drug-likeness (QED) is 0.855. The fourth-order valence-corrected chi connectivity index (χ4v) is 2.28. The van der Waals surface area contributed by atoms with Gasteiger partial charge in [-0.3, -0.25) is 0 Å². The van der Waals surface area contributed by atoms with Gasteiger partial charge in [-0.1, -0.05) is 12.1 Å². The maximum Gasteiger partial charge on any atom is 0.229 e. The summed E-state index contributed by atoms with van der Waals surface area (Å²) in [5, 5.41) is 13.2. The summed E-state index contributed by atoms with van der Waals surface area (Å²) < 4.78 is 5.28. The van der Waals surface area contributed by atoms with Crippen molar-refractivity contribution in [3.63, 3.8) is 0 Å². The van der Waals surface area contributed by atoms with Crippen molar-refractivity contribution in [1.82, 2.24) is 15.0 Å². The van der Waals surface area contributed by atoms with Crippen molar-refractivity contribution in [3.8, 4) is 0 Å². The topological polar surface area (TPSA) is 62.4 Å². The van der Waals surface area contributed by atoms with Crippen molar-refractivity contribution in [3.05, 3.63) is 11.7 Å². The van der Waals surface area contributed by atoms with Crippen LogP contribution >= 0.6 is 0 Å². The van der Waals surface area contributed by atoms with Crippen LogP contribution in [-0.4, -0.2) is 45.9 Å². The van der Waals surface area contributed by atoms with Crippen LogP contribution in [-0.2, 0) is 6.42 Å². The van der Waals surface area contributed by atoms with E-state index < -0.39 is 6.10 Å². The lowest BCUT2D eigenvalue weighted by Crippen LogP contribution is -2.32. The molecule has 1 saturated heterocycles. The third-order valence-electron chi connectivity index (χ3n) is 3.35. The van der Waals surface area contributed by atoms with Crippen LogP contribution in [0.3, 0.4) is 0 Å². The Kier molecular flexibility index (Phi) is 4.12. The molecule has 0 amide bonds. The van der Waals surface area contributed by atoms with E-state index in [1.165, 1.54) is 0 Å². The molecule has 1 fully saturated rings. The Balaban J connectivity index is 1.92. The van der Waals surface area contributed by atoms with Crippen LogP contribution in [0.1, 0.15) is 44.3 Å². The number of aliphatic hydroxyl groups excluding tert-OH is 1. The summed E-state index contributed by atoms with van der Waals surface area (Å²) in [7, 11) is 0. The van der Waals surface area contributed by atoms with E-state index >= 15 is 0 Å². The molecule has 1 aromatic heterocycles. The maximum absolute atomic E-state index is 9.26.